The highest BCUT2D eigenvalue weighted by Crippen LogP contribution is 2.33. The molecule has 0 aromatic carbocycles. The Bertz CT molecular complexity index is 639. The lowest BCUT2D eigenvalue weighted by atomic mass is 9.90. The largest absolute Gasteiger partial charge is 0.444 e. The van der Waals surface area contributed by atoms with Gasteiger partial charge in [-0.3, -0.25) is 4.90 Å². The third-order valence-electron chi connectivity index (χ3n) is 3.90. The zero-order valence-corrected chi connectivity index (χ0v) is 14.3. The minimum atomic E-state index is -0.505. The lowest BCUT2D eigenvalue weighted by molar-refractivity contribution is -0.0510. The predicted molar refractivity (Wildman–Crippen MR) is 88.3 cm³/mol. The second-order valence-corrected chi connectivity index (χ2v) is 7.30. The Morgan fingerprint density at radius 1 is 1.43 bits per heavy atom. The second-order valence-electron chi connectivity index (χ2n) is 6.91. The minimum absolute atomic E-state index is 0.0180. The SMILES string of the molecule is CC(C)(C)OC(=O)N1C2C=C(c3ccnc(Cl)c3)CC1COC2. The first-order chi connectivity index (χ1) is 10.8. The van der Waals surface area contributed by atoms with Crippen molar-refractivity contribution in [3.8, 4) is 0 Å². The van der Waals surface area contributed by atoms with Crippen LogP contribution in [0.5, 0.6) is 0 Å². The Morgan fingerprint density at radius 2 is 2.22 bits per heavy atom. The first-order valence-corrected chi connectivity index (χ1v) is 8.13. The van der Waals surface area contributed by atoms with Crippen molar-refractivity contribution < 1.29 is 14.3 Å². The number of pyridine rings is 1. The van der Waals surface area contributed by atoms with Gasteiger partial charge in [0.15, 0.2) is 0 Å². The van der Waals surface area contributed by atoms with Gasteiger partial charge in [-0.2, -0.15) is 0 Å². The van der Waals surface area contributed by atoms with Crippen LogP contribution in [0.1, 0.15) is 32.8 Å². The van der Waals surface area contributed by atoms with Gasteiger partial charge in [0.2, 0.25) is 0 Å². The van der Waals surface area contributed by atoms with Crippen molar-refractivity contribution in [1.29, 1.82) is 0 Å². The molecular formula is C17H21ClN2O3. The number of hydrogen-bond donors (Lipinski definition) is 0. The van der Waals surface area contributed by atoms with E-state index in [9.17, 15) is 4.79 Å². The first-order valence-electron chi connectivity index (χ1n) is 7.75. The quantitative estimate of drug-likeness (QED) is 0.736. The lowest BCUT2D eigenvalue weighted by Crippen LogP contribution is -2.57. The molecule has 1 saturated heterocycles. The number of nitrogens with zero attached hydrogens (tertiary/aromatic N) is 2. The molecule has 1 amide bonds. The van der Waals surface area contributed by atoms with E-state index in [0.717, 1.165) is 12.0 Å². The van der Waals surface area contributed by atoms with Crippen LogP contribution in [-0.4, -0.2) is 46.9 Å². The Balaban J connectivity index is 1.86. The highest BCUT2D eigenvalue weighted by molar-refractivity contribution is 6.29. The molecule has 1 fully saturated rings. The maximum Gasteiger partial charge on any atom is 0.411 e. The van der Waals surface area contributed by atoms with Crippen LogP contribution in [0, 0.1) is 0 Å². The molecule has 2 aliphatic heterocycles. The van der Waals surface area contributed by atoms with Crippen LogP contribution < -0.4 is 0 Å². The molecule has 0 saturated carbocycles. The van der Waals surface area contributed by atoms with Crippen LogP contribution >= 0.6 is 11.6 Å². The number of rotatable bonds is 1. The van der Waals surface area contributed by atoms with E-state index in [1.54, 1.807) is 11.1 Å². The van der Waals surface area contributed by atoms with Crippen LogP contribution in [0.25, 0.3) is 5.57 Å². The topological polar surface area (TPSA) is 51.7 Å². The molecule has 2 atom stereocenters. The molecule has 2 bridgehead atoms. The summed E-state index contributed by atoms with van der Waals surface area (Å²) in [5, 5.41) is 0.472. The number of amides is 1. The molecule has 1 aromatic rings. The van der Waals surface area contributed by atoms with Crippen molar-refractivity contribution in [2.24, 2.45) is 0 Å². The summed E-state index contributed by atoms with van der Waals surface area (Å²) in [7, 11) is 0. The summed E-state index contributed by atoms with van der Waals surface area (Å²) in [4.78, 5) is 18.3. The third kappa shape index (κ3) is 3.67. The van der Waals surface area contributed by atoms with Gasteiger partial charge in [-0.05, 0) is 50.5 Å². The van der Waals surface area contributed by atoms with Gasteiger partial charge in [-0.25, -0.2) is 9.78 Å². The van der Waals surface area contributed by atoms with E-state index >= 15 is 0 Å². The molecule has 1 aromatic heterocycles. The van der Waals surface area contributed by atoms with E-state index in [-0.39, 0.29) is 18.2 Å². The zero-order valence-electron chi connectivity index (χ0n) is 13.6. The van der Waals surface area contributed by atoms with Gasteiger partial charge in [-0.15, -0.1) is 0 Å². The zero-order chi connectivity index (χ0) is 16.6. The first kappa shape index (κ1) is 16.3. The summed E-state index contributed by atoms with van der Waals surface area (Å²) in [6.45, 7) is 6.63. The predicted octanol–water partition coefficient (Wildman–Crippen LogP) is 3.53. The number of fused-ring (bicyclic) bond motifs is 2. The fraction of sp³-hybridized carbons (Fsp3) is 0.529. The number of ether oxygens (including phenoxy) is 2. The highest BCUT2D eigenvalue weighted by Gasteiger charge is 2.40. The smallest absolute Gasteiger partial charge is 0.411 e. The summed E-state index contributed by atoms with van der Waals surface area (Å²) in [6, 6.07) is 3.67. The van der Waals surface area contributed by atoms with Crippen LogP contribution in [0.15, 0.2) is 24.4 Å². The van der Waals surface area contributed by atoms with Crippen molar-refractivity contribution in [3.63, 3.8) is 0 Å². The van der Waals surface area contributed by atoms with Gasteiger partial charge in [-0.1, -0.05) is 17.7 Å². The molecule has 0 N–H and O–H groups in total. The number of carbonyl (C=O) groups excluding carboxylic acids is 1. The monoisotopic (exact) mass is 336 g/mol. The minimum Gasteiger partial charge on any atom is -0.444 e. The number of hydrogen-bond acceptors (Lipinski definition) is 4. The number of aromatic nitrogens is 1. The fourth-order valence-corrected chi connectivity index (χ4v) is 3.19. The maximum absolute atomic E-state index is 12.5. The van der Waals surface area contributed by atoms with Crippen LogP contribution in [0.4, 0.5) is 4.79 Å². The molecular weight excluding hydrogens is 316 g/mol. The standard InChI is InChI=1S/C17H21ClN2O3/c1-17(2,3)23-16(21)20-13-6-12(7-14(20)10-22-9-13)11-4-5-19-15(18)8-11/h4-6,8,13-14H,7,9-10H2,1-3H3. The van der Waals surface area contributed by atoms with E-state index in [0.29, 0.717) is 18.4 Å². The summed E-state index contributed by atoms with van der Waals surface area (Å²) >= 11 is 5.99. The molecule has 23 heavy (non-hydrogen) atoms. The molecule has 0 radical (unpaired) electrons. The third-order valence-corrected chi connectivity index (χ3v) is 4.11. The lowest BCUT2D eigenvalue weighted by Gasteiger charge is -2.44. The Hall–Kier alpha value is -1.59. The second kappa shape index (κ2) is 6.13. The van der Waals surface area contributed by atoms with Gasteiger partial charge in [0, 0.05) is 6.20 Å². The van der Waals surface area contributed by atoms with E-state index in [2.05, 4.69) is 11.1 Å². The number of carbonyl (C=O) groups is 1. The van der Waals surface area contributed by atoms with Crippen molar-refractivity contribution in [3.05, 3.63) is 35.1 Å². The molecule has 6 heteroatoms. The van der Waals surface area contributed by atoms with Crippen molar-refractivity contribution >= 4 is 23.3 Å². The molecule has 5 nitrogen and oxygen atoms in total. The van der Waals surface area contributed by atoms with Gasteiger partial charge in [0.1, 0.15) is 10.8 Å². The van der Waals surface area contributed by atoms with E-state index in [1.807, 2.05) is 32.9 Å². The summed E-state index contributed by atoms with van der Waals surface area (Å²) in [6.07, 6.45) is 4.21. The van der Waals surface area contributed by atoms with Gasteiger partial charge in [0.05, 0.1) is 25.3 Å². The summed E-state index contributed by atoms with van der Waals surface area (Å²) < 4.78 is 11.2. The summed E-state index contributed by atoms with van der Waals surface area (Å²) in [5.74, 6) is 0. The molecule has 2 unspecified atom stereocenters. The highest BCUT2D eigenvalue weighted by atomic mass is 35.5. The van der Waals surface area contributed by atoms with Crippen molar-refractivity contribution in [2.45, 2.75) is 44.9 Å². The van der Waals surface area contributed by atoms with Crippen LogP contribution in [0.2, 0.25) is 5.15 Å². The number of halogens is 1. The average molecular weight is 337 g/mol. The molecule has 3 rings (SSSR count). The molecule has 0 spiro atoms. The fourth-order valence-electron chi connectivity index (χ4n) is 3.01. The normalized spacial score (nSPS) is 24.2. The maximum atomic E-state index is 12.5. The molecule has 2 aliphatic rings. The molecule has 0 aliphatic carbocycles. The van der Waals surface area contributed by atoms with E-state index in [4.69, 9.17) is 21.1 Å². The molecule has 124 valence electrons. The summed E-state index contributed by atoms with van der Waals surface area (Å²) in [5.41, 5.74) is 1.72. The van der Waals surface area contributed by atoms with E-state index < -0.39 is 5.60 Å². The van der Waals surface area contributed by atoms with Crippen LogP contribution in [-0.2, 0) is 9.47 Å². The Morgan fingerprint density at radius 3 is 2.87 bits per heavy atom. The van der Waals surface area contributed by atoms with Crippen LogP contribution in [0.3, 0.4) is 0 Å². The average Bonchev–Trinajstić information content (AvgIpc) is 2.44. The van der Waals surface area contributed by atoms with Gasteiger partial charge < -0.3 is 9.47 Å². The van der Waals surface area contributed by atoms with Gasteiger partial charge in [0.25, 0.3) is 0 Å². The number of morpholine rings is 1. The molecule has 3 heterocycles. The van der Waals surface area contributed by atoms with Gasteiger partial charge >= 0.3 is 6.09 Å². The Labute approximate surface area is 141 Å². The Kier molecular flexibility index (Phi) is 4.34. The van der Waals surface area contributed by atoms with E-state index in [1.165, 1.54) is 5.57 Å². The van der Waals surface area contributed by atoms with Crippen molar-refractivity contribution in [2.75, 3.05) is 13.2 Å². The van der Waals surface area contributed by atoms with Crippen molar-refractivity contribution in [1.82, 2.24) is 9.88 Å².